The molecule has 0 aliphatic heterocycles. The number of likely N-dealkylation sites (N-methyl/N-ethyl adjacent to an activating group) is 1. The molecule has 1 atom stereocenters. The Balaban J connectivity index is 0.000000392. The van der Waals surface area contributed by atoms with Crippen LogP contribution in [0.1, 0.15) is 58.5 Å². The van der Waals surface area contributed by atoms with Gasteiger partial charge in [0.1, 0.15) is 23.4 Å². The Kier molecular flexibility index (Phi) is 9.38. The minimum absolute atomic E-state index is 0.0204. The van der Waals surface area contributed by atoms with Gasteiger partial charge < -0.3 is 20.3 Å². The van der Waals surface area contributed by atoms with Crippen LogP contribution in [0.25, 0.3) is 11.3 Å². The monoisotopic (exact) mass is 515 g/mol. The van der Waals surface area contributed by atoms with Crippen molar-refractivity contribution in [1.82, 2.24) is 14.7 Å². The third kappa shape index (κ3) is 7.01. The number of nitrogens with one attached hydrogen (secondary N) is 1. The highest BCUT2D eigenvalue weighted by molar-refractivity contribution is 7.06. The maximum Gasteiger partial charge on any atom is 0.184 e. The van der Waals surface area contributed by atoms with Gasteiger partial charge in [-0.05, 0) is 75.6 Å². The van der Waals surface area contributed by atoms with Crippen molar-refractivity contribution in [3.63, 3.8) is 0 Å². The summed E-state index contributed by atoms with van der Waals surface area (Å²) in [6, 6.07) is 9.67. The van der Waals surface area contributed by atoms with Gasteiger partial charge in [-0.3, -0.25) is 9.59 Å². The van der Waals surface area contributed by atoms with Crippen LogP contribution in [0.5, 0.6) is 5.75 Å². The smallest absolute Gasteiger partial charge is 0.184 e. The molecular formula is C26H30FN3O5S. The zero-order valence-corrected chi connectivity index (χ0v) is 21.2. The van der Waals surface area contributed by atoms with E-state index >= 15 is 0 Å². The Bertz CT molecular complexity index is 1170. The molecule has 8 nitrogen and oxygen atoms in total. The Morgan fingerprint density at radius 3 is 2.50 bits per heavy atom. The van der Waals surface area contributed by atoms with Crippen LogP contribution in [0.3, 0.4) is 0 Å². The molecule has 36 heavy (non-hydrogen) atoms. The van der Waals surface area contributed by atoms with E-state index in [1.165, 1.54) is 23.7 Å². The molecule has 1 aromatic carbocycles. The molecular weight excluding hydrogens is 485 g/mol. The fourth-order valence-electron chi connectivity index (χ4n) is 3.02. The molecule has 10 heteroatoms. The van der Waals surface area contributed by atoms with Gasteiger partial charge in [-0.15, -0.1) is 0 Å². The highest BCUT2D eigenvalue weighted by Gasteiger charge is 2.31. The molecule has 2 aromatic heterocycles. The number of Topliss-reactive ketones (excluding diaryl/α,β-unsaturated/α-hetero) is 1. The van der Waals surface area contributed by atoms with Crippen molar-refractivity contribution in [3.05, 3.63) is 64.5 Å². The molecule has 1 aliphatic rings. The average Bonchev–Trinajstić information content (AvgIpc) is 3.64. The number of hydrogen-bond donors (Lipinski definition) is 3. The van der Waals surface area contributed by atoms with Crippen molar-refractivity contribution < 1.29 is 28.9 Å². The van der Waals surface area contributed by atoms with E-state index in [1.54, 1.807) is 38.4 Å². The second kappa shape index (κ2) is 12.3. The van der Waals surface area contributed by atoms with Gasteiger partial charge in [0, 0.05) is 11.5 Å². The normalized spacial score (nSPS) is 13.9. The van der Waals surface area contributed by atoms with Gasteiger partial charge >= 0.3 is 0 Å². The van der Waals surface area contributed by atoms with Gasteiger partial charge in [0.25, 0.3) is 0 Å². The molecule has 0 saturated heterocycles. The lowest BCUT2D eigenvalue weighted by Gasteiger charge is -2.23. The number of aliphatic hydroxyl groups excluding tert-OH is 2. The number of ether oxygens (including phenoxy) is 1. The standard InChI is InChI=1S/C21H17FN2O3S.C5H13NO2/c1-12(27-16-6-7-18(23-10-16)21(26)13-2-3-13)20-9-19(24-28-20)14-4-5-15(11-25)17(22)8-14;1-5(3-7,4-8)6-2/h4-13H,2-3H2,1H3;6-8H,3-4H2,1-2H3. The Hall–Kier alpha value is -3.05. The molecule has 0 amide bonds. The van der Waals surface area contributed by atoms with E-state index in [-0.39, 0.29) is 36.6 Å². The summed E-state index contributed by atoms with van der Waals surface area (Å²) >= 11 is 1.27. The predicted molar refractivity (Wildman–Crippen MR) is 135 cm³/mol. The van der Waals surface area contributed by atoms with Gasteiger partial charge in [0.15, 0.2) is 12.1 Å². The largest absolute Gasteiger partial charge is 0.484 e. The summed E-state index contributed by atoms with van der Waals surface area (Å²) < 4.78 is 24.1. The quantitative estimate of drug-likeness (QED) is 0.275. The van der Waals surface area contributed by atoms with Crippen LogP contribution in [0.15, 0.2) is 42.6 Å². The summed E-state index contributed by atoms with van der Waals surface area (Å²) in [5.41, 5.74) is 1.20. The molecule has 0 bridgehead atoms. The second-order valence-electron chi connectivity index (χ2n) is 8.87. The number of carbonyl (C=O) groups is 2. The molecule has 1 aliphatic carbocycles. The van der Waals surface area contributed by atoms with Gasteiger partial charge in [-0.25, -0.2) is 9.37 Å². The van der Waals surface area contributed by atoms with Gasteiger partial charge in [-0.1, -0.05) is 6.07 Å². The number of aliphatic hydroxyl groups is 2. The fraction of sp³-hybridized carbons (Fsp3) is 0.385. The lowest BCUT2D eigenvalue weighted by molar-refractivity contribution is 0.0962. The van der Waals surface area contributed by atoms with Crippen LogP contribution in [0, 0.1) is 11.7 Å². The van der Waals surface area contributed by atoms with E-state index in [0.29, 0.717) is 29.0 Å². The zero-order chi connectivity index (χ0) is 26.3. The van der Waals surface area contributed by atoms with Crippen molar-refractivity contribution in [2.75, 3.05) is 20.3 Å². The molecule has 3 N–H and O–H groups in total. The SMILES string of the molecule is CC(Oc1ccc(C(=O)C2CC2)nc1)c1cc(-c2ccc(C=O)c(F)c2)ns1.CNC(C)(CO)CO. The number of nitrogens with zero attached hydrogens (tertiary/aromatic N) is 2. The maximum absolute atomic E-state index is 13.8. The fourth-order valence-corrected chi connectivity index (χ4v) is 3.74. The number of pyridine rings is 1. The highest BCUT2D eigenvalue weighted by Crippen LogP contribution is 2.33. The molecule has 192 valence electrons. The average molecular weight is 516 g/mol. The molecule has 1 fully saturated rings. The minimum Gasteiger partial charge on any atom is -0.484 e. The molecule has 1 unspecified atom stereocenters. The molecule has 3 aromatic rings. The number of aromatic nitrogens is 2. The summed E-state index contributed by atoms with van der Waals surface area (Å²) in [5, 5.41) is 19.9. The predicted octanol–water partition coefficient (Wildman–Crippen LogP) is 3.84. The summed E-state index contributed by atoms with van der Waals surface area (Å²) in [6.45, 7) is 3.55. The number of halogens is 1. The zero-order valence-electron chi connectivity index (χ0n) is 20.4. The number of hydrogen-bond acceptors (Lipinski definition) is 9. The van der Waals surface area contributed by atoms with E-state index in [1.807, 2.05) is 13.0 Å². The highest BCUT2D eigenvalue weighted by atomic mass is 32.1. The summed E-state index contributed by atoms with van der Waals surface area (Å²) in [5.74, 6) is 0.230. The van der Waals surface area contributed by atoms with Crippen molar-refractivity contribution >= 4 is 23.6 Å². The molecule has 0 radical (unpaired) electrons. The van der Waals surface area contributed by atoms with Crippen LogP contribution >= 0.6 is 11.5 Å². The van der Waals surface area contributed by atoms with Crippen LogP contribution in [0.2, 0.25) is 0 Å². The van der Waals surface area contributed by atoms with Crippen molar-refractivity contribution in [1.29, 1.82) is 0 Å². The topological polar surface area (TPSA) is 122 Å². The van der Waals surface area contributed by atoms with Crippen LogP contribution in [-0.4, -0.2) is 57.4 Å². The van der Waals surface area contributed by atoms with E-state index in [4.69, 9.17) is 14.9 Å². The number of aldehydes is 1. The second-order valence-corrected chi connectivity index (χ2v) is 9.71. The van der Waals surface area contributed by atoms with Gasteiger partial charge in [0.05, 0.1) is 41.1 Å². The number of carbonyl (C=O) groups excluding carboxylic acids is 2. The van der Waals surface area contributed by atoms with Crippen LogP contribution in [-0.2, 0) is 0 Å². The van der Waals surface area contributed by atoms with E-state index in [0.717, 1.165) is 17.7 Å². The van der Waals surface area contributed by atoms with Crippen molar-refractivity contribution in [2.45, 2.75) is 38.3 Å². The lowest BCUT2D eigenvalue weighted by atomic mass is 10.1. The first-order valence-corrected chi connectivity index (χ1v) is 12.3. The molecule has 4 rings (SSSR count). The first-order chi connectivity index (χ1) is 17.2. The third-order valence-corrected chi connectivity index (χ3v) is 6.85. The minimum atomic E-state index is -0.571. The lowest BCUT2D eigenvalue weighted by Crippen LogP contribution is -2.46. The van der Waals surface area contributed by atoms with E-state index < -0.39 is 11.4 Å². The van der Waals surface area contributed by atoms with Crippen LogP contribution in [0.4, 0.5) is 4.39 Å². The number of benzene rings is 1. The number of rotatable bonds is 10. The van der Waals surface area contributed by atoms with Gasteiger partial charge in [0.2, 0.25) is 0 Å². The van der Waals surface area contributed by atoms with Crippen LogP contribution < -0.4 is 10.1 Å². The first kappa shape index (κ1) is 27.5. The number of ketones is 1. The Labute approximate surface area is 213 Å². The molecule has 2 heterocycles. The molecule has 1 saturated carbocycles. The molecule has 0 spiro atoms. The Morgan fingerprint density at radius 1 is 1.28 bits per heavy atom. The maximum atomic E-state index is 13.8. The first-order valence-electron chi connectivity index (χ1n) is 11.5. The van der Waals surface area contributed by atoms with Gasteiger partial charge in [-0.2, -0.15) is 4.37 Å². The van der Waals surface area contributed by atoms with Crippen molar-refractivity contribution in [2.24, 2.45) is 5.92 Å². The van der Waals surface area contributed by atoms with E-state index in [2.05, 4.69) is 14.7 Å². The summed E-state index contributed by atoms with van der Waals surface area (Å²) in [7, 11) is 1.70. The van der Waals surface area contributed by atoms with E-state index in [9.17, 15) is 14.0 Å². The Morgan fingerprint density at radius 2 is 2.00 bits per heavy atom. The summed E-state index contributed by atoms with van der Waals surface area (Å²) in [4.78, 5) is 27.8. The third-order valence-electron chi connectivity index (χ3n) is 5.90. The summed E-state index contributed by atoms with van der Waals surface area (Å²) in [6.07, 6.45) is 3.66. The van der Waals surface area contributed by atoms with Crippen molar-refractivity contribution in [3.8, 4) is 17.0 Å².